The Morgan fingerprint density at radius 1 is 1.14 bits per heavy atom. The van der Waals surface area contributed by atoms with Crippen LogP contribution in [-0.2, 0) is 14.3 Å². The molecule has 1 fully saturated rings. The maximum absolute atomic E-state index is 13.3. The highest BCUT2D eigenvalue weighted by Gasteiger charge is 2.53. The molecular formula is C21H18Cl2N2O3S. The van der Waals surface area contributed by atoms with Gasteiger partial charge < -0.3 is 4.74 Å². The lowest BCUT2D eigenvalue weighted by molar-refractivity contribution is -0.153. The number of rotatable bonds is 6. The molecular weight excluding hydrogens is 431 g/mol. The quantitative estimate of drug-likeness (QED) is 0.314. The zero-order valence-electron chi connectivity index (χ0n) is 15.3. The molecule has 0 spiro atoms. The molecule has 1 amide bonds. The molecule has 0 unspecified atom stereocenters. The fourth-order valence-corrected chi connectivity index (χ4v) is 5.46. The third kappa shape index (κ3) is 3.78. The van der Waals surface area contributed by atoms with Crippen molar-refractivity contribution >= 4 is 47.0 Å². The van der Waals surface area contributed by atoms with Crippen molar-refractivity contribution in [3.63, 3.8) is 0 Å². The summed E-state index contributed by atoms with van der Waals surface area (Å²) in [6, 6.07) is 18.5. The topological polar surface area (TPSA) is 58.6 Å². The van der Waals surface area contributed by atoms with Gasteiger partial charge >= 0.3 is 5.97 Å². The van der Waals surface area contributed by atoms with Crippen LogP contribution in [0.1, 0.15) is 17.2 Å². The van der Waals surface area contributed by atoms with Crippen molar-refractivity contribution in [1.82, 2.24) is 9.74 Å². The van der Waals surface area contributed by atoms with E-state index in [1.54, 1.807) is 0 Å². The second kappa shape index (κ2) is 8.79. The Morgan fingerprint density at radius 3 is 2.24 bits per heavy atom. The average molecular weight is 449 g/mol. The normalized spacial score (nSPS) is 21.1. The highest BCUT2D eigenvalue weighted by Crippen LogP contribution is 2.41. The first-order valence-electron chi connectivity index (χ1n) is 9.05. The molecule has 29 heavy (non-hydrogen) atoms. The summed E-state index contributed by atoms with van der Waals surface area (Å²) in [6.45, 7) is 0. The largest absolute Gasteiger partial charge is 0.448 e. The third-order valence-electron chi connectivity index (χ3n) is 4.95. The maximum Gasteiger partial charge on any atom is 0.356 e. The lowest BCUT2D eigenvalue weighted by Gasteiger charge is -2.49. The summed E-state index contributed by atoms with van der Waals surface area (Å²) in [7, 11) is 0. The molecule has 8 heteroatoms. The number of hydrogen-bond donors (Lipinski definition) is 1. The highest BCUT2D eigenvalue weighted by atomic mass is 35.5. The van der Waals surface area contributed by atoms with Crippen molar-refractivity contribution in [3.8, 4) is 0 Å². The molecule has 2 aliphatic rings. The standard InChI is InChI=1S/C21H18Cl2N2O3S/c22-11-15-12-29-20-16(24-23)19(26)25(20)17(15)21(27)28-18(13-7-3-1-4-8-13)14-9-5-2-6-10-14/h1-10,16,18,20,24H,11-12H2/t16-,20-/m1/s1. The summed E-state index contributed by atoms with van der Waals surface area (Å²) >= 11 is 13.3. The van der Waals surface area contributed by atoms with E-state index in [4.69, 9.17) is 28.1 Å². The number of carbonyl (C=O) groups is 2. The van der Waals surface area contributed by atoms with Crippen molar-refractivity contribution in [2.45, 2.75) is 17.5 Å². The van der Waals surface area contributed by atoms with Gasteiger partial charge in [-0.3, -0.25) is 9.69 Å². The lowest BCUT2D eigenvalue weighted by atomic mass is 10.0. The van der Waals surface area contributed by atoms with Gasteiger partial charge in [0.15, 0.2) is 6.10 Å². The third-order valence-corrected chi connectivity index (χ3v) is 6.85. The number of halogens is 2. The van der Waals surface area contributed by atoms with Gasteiger partial charge in [-0.2, -0.15) is 0 Å². The molecule has 0 radical (unpaired) electrons. The molecule has 2 aromatic carbocycles. The van der Waals surface area contributed by atoms with E-state index in [1.165, 1.54) is 16.7 Å². The minimum Gasteiger partial charge on any atom is -0.448 e. The van der Waals surface area contributed by atoms with Gasteiger partial charge in [-0.1, -0.05) is 60.7 Å². The Bertz CT molecular complexity index is 900. The molecule has 0 bridgehead atoms. The molecule has 5 nitrogen and oxygen atoms in total. The molecule has 150 valence electrons. The molecule has 4 rings (SSSR count). The maximum atomic E-state index is 13.3. The summed E-state index contributed by atoms with van der Waals surface area (Å²) < 4.78 is 5.95. The number of amides is 1. The van der Waals surface area contributed by atoms with Gasteiger partial charge in [0.2, 0.25) is 5.91 Å². The van der Waals surface area contributed by atoms with Gasteiger partial charge in [0.25, 0.3) is 0 Å². The number of nitrogens with zero attached hydrogens (tertiary/aromatic N) is 1. The lowest BCUT2D eigenvalue weighted by Crippen LogP contribution is -2.68. The Kier molecular flexibility index (Phi) is 6.15. The predicted molar refractivity (Wildman–Crippen MR) is 114 cm³/mol. The molecule has 2 aromatic rings. The number of fused-ring (bicyclic) bond motifs is 1. The summed E-state index contributed by atoms with van der Waals surface area (Å²) in [4.78, 5) is 29.7. The van der Waals surface area contributed by atoms with E-state index in [9.17, 15) is 9.59 Å². The molecule has 1 saturated heterocycles. The smallest absolute Gasteiger partial charge is 0.356 e. The van der Waals surface area contributed by atoms with Gasteiger partial charge in [-0.25, -0.2) is 9.63 Å². The monoisotopic (exact) mass is 448 g/mol. The predicted octanol–water partition coefficient (Wildman–Crippen LogP) is 3.84. The van der Waals surface area contributed by atoms with Gasteiger partial charge in [-0.15, -0.1) is 23.4 Å². The van der Waals surface area contributed by atoms with E-state index in [-0.39, 0.29) is 22.9 Å². The molecule has 2 aliphatic heterocycles. The summed E-state index contributed by atoms with van der Waals surface area (Å²) in [5.74, 6) is -0.139. The van der Waals surface area contributed by atoms with Crippen LogP contribution < -0.4 is 4.84 Å². The first-order valence-corrected chi connectivity index (χ1v) is 11.0. The molecule has 1 N–H and O–H groups in total. The van der Waals surface area contributed by atoms with Crippen LogP contribution in [0.25, 0.3) is 0 Å². The van der Waals surface area contributed by atoms with Crippen LogP contribution in [0.5, 0.6) is 0 Å². The second-order valence-corrected chi connectivity index (χ2v) is 8.28. The van der Waals surface area contributed by atoms with Crippen LogP contribution in [0, 0.1) is 0 Å². The van der Waals surface area contributed by atoms with E-state index in [0.29, 0.717) is 11.3 Å². The second-order valence-electron chi connectivity index (χ2n) is 6.69. The fourth-order valence-electron chi connectivity index (χ4n) is 3.49. The number of β-lactam (4-membered cyclic amide) rings is 1. The Balaban J connectivity index is 1.66. The van der Waals surface area contributed by atoms with Gasteiger partial charge in [0, 0.05) is 11.6 Å². The molecule has 2 heterocycles. The van der Waals surface area contributed by atoms with E-state index >= 15 is 0 Å². The van der Waals surface area contributed by atoms with Crippen LogP contribution in [0.15, 0.2) is 71.9 Å². The van der Waals surface area contributed by atoms with Crippen molar-refractivity contribution in [3.05, 3.63) is 83.1 Å². The van der Waals surface area contributed by atoms with Crippen LogP contribution >= 0.6 is 35.1 Å². The highest BCUT2D eigenvalue weighted by molar-refractivity contribution is 8.00. The number of alkyl halides is 1. The Morgan fingerprint density at radius 2 is 1.72 bits per heavy atom. The number of hydrogen-bond acceptors (Lipinski definition) is 5. The number of ether oxygens (including phenoxy) is 1. The molecule has 0 aliphatic carbocycles. The van der Waals surface area contributed by atoms with Gasteiger partial charge in [0.1, 0.15) is 17.1 Å². The minimum absolute atomic E-state index is 0.147. The molecule has 0 saturated carbocycles. The van der Waals surface area contributed by atoms with E-state index in [2.05, 4.69) is 4.84 Å². The van der Waals surface area contributed by atoms with Crippen molar-refractivity contribution in [2.24, 2.45) is 0 Å². The first kappa shape index (κ1) is 20.3. The van der Waals surface area contributed by atoms with E-state index in [0.717, 1.165) is 11.1 Å². The summed E-state index contributed by atoms with van der Waals surface area (Å²) in [5, 5.41) is -0.249. The number of carbonyl (C=O) groups excluding carboxylic acids is 2. The minimum atomic E-state index is -0.597. The Labute approximate surface area is 183 Å². The van der Waals surface area contributed by atoms with Crippen LogP contribution in [-0.4, -0.2) is 39.8 Å². The van der Waals surface area contributed by atoms with Crippen LogP contribution in [0.3, 0.4) is 0 Å². The molecule has 0 aromatic heterocycles. The van der Waals surface area contributed by atoms with Gasteiger partial charge in [-0.05, 0) is 28.5 Å². The zero-order chi connectivity index (χ0) is 20.4. The Hall–Kier alpha value is -1.99. The van der Waals surface area contributed by atoms with E-state index < -0.39 is 18.1 Å². The number of esters is 1. The van der Waals surface area contributed by atoms with Crippen molar-refractivity contribution in [1.29, 1.82) is 0 Å². The fraction of sp³-hybridized carbons (Fsp3) is 0.238. The van der Waals surface area contributed by atoms with E-state index in [1.807, 2.05) is 60.7 Å². The number of thioether (sulfide) groups is 1. The van der Waals surface area contributed by atoms with Crippen LogP contribution in [0.4, 0.5) is 0 Å². The summed E-state index contributed by atoms with van der Waals surface area (Å²) in [5.41, 5.74) is 2.60. The zero-order valence-corrected chi connectivity index (χ0v) is 17.6. The number of nitrogens with one attached hydrogen (secondary N) is 1. The average Bonchev–Trinajstić information content (AvgIpc) is 2.77. The SMILES string of the molecule is O=C(OC(c1ccccc1)c1ccccc1)C1=C(CCl)CS[C@@H]2[C@H](NCl)C(=O)N12. The van der Waals surface area contributed by atoms with Crippen molar-refractivity contribution < 1.29 is 14.3 Å². The number of benzene rings is 2. The summed E-state index contributed by atoms with van der Waals surface area (Å²) in [6.07, 6.45) is -0.597. The van der Waals surface area contributed by atoms with Crippen molar-refractivity contribution in [2.75, 3.05) is 11.6 Å². The molecule has 2 atom stereocenters. The van der Waals surface area contributed by atoms with Gasteiger partial charge in [0.05, 0.1) is 0 Å². The van der Waals surface area contributed by atoms with Crippen LogP contribution in [0.2, 0.25) is 0 Å². The first-order chi connectivity index (χ1) is 14.2.